The van der Waals surface area contributed by atoms with Crippen LogP contribution < -0.4 is 10.1 Å². The molecule has 1 N–H and O–H groups in total. The van der Waals surface area contributed by atoms with Crippen molar-refractivity contribution < 1.29 is 4.74 Å². The Labute approximate surface area is 146 Å². The van der Waals surface area contributed by atoms with E-state index in [9.17, 15) is 0 Å². The van der Waals surface area contributed by atoms with Crippen LogP contribution in [0.1, 0.15) is 53.0 Å². The maximum atomic E-state index is 5.97. The smallest absolute Gasteiger partial charge is 0.147 e. The van der Waals surface area contributed by atoms with E-state index in [2.05, 4.69) is 83.9 Å². The van der Waals surface area contributed by atoms with Gasteiger partial charge in [0.05, 0.1) is 15.6 Å². The first-order valence-corrected chi connectivity index (χ1v) is 9.17. The van der Waals surface area contributed by atoms with Gasteiger partial charge in [-0.15, -0.1) is 0 Å². The number of hydrogen-bond donors (Lipinski definition) is 1. The molecule has 120 valence electrons. The molecular weight excluding hydrogens is 394 g/mol. The van der Waals surface area contributed by atoms with Crippen LogP contribution in [0, 0.1) is 5.92 Å². The van der Waals surface area contributed by atoms with Crippen LogP contribution in [0.15, 0.2) is 21.1 Å². The number of rotatable bonds is 7. The minimum absolute atomic E-state index is 0.115. The summed E-state index contributed by atoms with van der Waals surface area (Å²) in [6, 6.07) is 4.26. The predicted octanol–water partition coefficient (Wildman–Crippen LogP) is 5.91. The van der Waals surface area contributed by atoms with Gasteiger partial charge in [-0.3, -0.25) is 0 Å². The van der Waals surface area contributed by atoms with Crippen molar-refractivity contribution >= 4 is 31.9 Å². The minimum atomic E-state index is 0.115. The molecule has 0 aromatic heterocycles. The van der Waals surface area contributed by atoms with Gasteiger partial charge in [0.15, 0.2) is 0 Å². The third-order valence-corrected chi connectivity index (χ3v) is 4.35. The molecule has 0 radical (unpaired) electrons. The number of benzene rings is 1. The second-order valence-corrected chi connectivity index (χ2v) is 8.41. The number of ether oxygens (including phenoxy) is 1. The van der Waals surface area contributed by atoms with Gasteiger partial charge in [-0.25, -0.2) is 0 Å². The van der Waals surface area contributed by atoms with Crippen molar-refractivity contribution in [1.82, 2.24) is 5.32 Å². The summed E-state index contributed by atoms with van der Waals surface area (Å²) in [5.41, 5.74) is 1.35. The Hall–Kier alpha value is -0.0600. The molecule has 1 aromatic carbocycles. The quantitative estimate of drug-likeness (QED) is 0.591. The van der Waals surface area contributed by atoms with Gasteiger partial charge in [0.2, 0.25) is 0 Å². The van der Waals surface area contributed by atoms with Gasteiger partial charge in [0, 0.05) is 12.1 Å². The van der Waals surface area contributed by atoms with E-state index in [1.807, 2.05) is 0 Å². The van der Waals surface area contributed by atoms with E-state index in [0.29, 0.717) is 5.92 Å². The van der Waals surface area contributed by atoms with Crippen molar-refractivity contribution in [3.05, 3.63) is 26.6 Å². The number of nitrogens with one attached hydrogen (secondary N) is 1. The zero-order chi connectivity index (χ0) is 16.0. The zero-order valence-corrected chi connectivity index (χ0v) is 16.9. The normalized spacial score (nSPS) is 13.3. The van der Waals surface area contributed by atoms with Crippen LogP contribution in [0.3, 0.4) is 0 Å². The van der Waals surface area contributed by atoms with Gasteiger partial charge < -0.3 is 10.1 Å². The topological polar surface area (TPSA) is 21.3 Å². The monoisotopic (exact) mass is 419 g/mol. The molecule has 0 saturated heterocycles. The fourth-order valence-corrected chi connectivity index (χ4v) is 3.53. The van der Waals surface area contributed by atoms with E-state index in [1.165, 1.54) is 18.4 Å². The molecule has 1 aromatic rings. The van der Waals surface area contributed by atoms with Gasteiger partial charge in [0.25, 0.3) is 0 Å². The summed E-state index contributed by atoms with van der Waals surface area (Å²) in [5.74, 6) is 1.48. The molecule has 4 heteroatoms. The van der Waals surface area contributed by atoms with E-state index >= 15 is 0 Å². The van der Waals surface area contributed by atoms with Crippen LogP contribution >= 0.6 is 31.9 Å². The number of hydrogen-bond acceptors (Lipinski definition) is 2. The highest BCUT2D eigenvalue weighted by atomic mass is 79.9. The van der Waals surface area contributed by atoms with E-state index in [4.69, 9.17) is 4.74 Å². The summed E-state index contributed by atoms with van der Waals surface area (Å²) < 4.78 is 7.98. The first-order valence-electron chi connectivity index (χ1n) is 7.58. The SMILES string of the molecule is CCCC(C)COc1c(Br)cc(CNC(C)(C)C)cc1Br. The molecule has 0 aliphatic rings. The molecule has 21 heavy (non-hydrogen) atoms. The summed E-state index contributed by atoms with van der Waals surface area (Å²) in [4.78, 5) is 0. The van der Waals surface area contributed by atoms with Gasteiger partial charge in [-0.2, -0.15) is 0 Å². The van der Waals surface area contributed by atoms with Crippen LogP contribution in [-0.4, -0.2) is 12.1 Å². The molecule has 1 unspecified atom stereocenters. The van der Waals surface area contributed by atoms with E-state index < -0.39 is 0 Å². The third kappa shape index (κ3) is 7.16. The summed E-state index contributed by atoms with van der Waals surface area (Å²) >= 11 is 7.25. The lowest BCUT2D eigenvalue weighted by molar-refractivity contribution is 0.248. The average molecular weight is 421 g/mol. The van der Waals surface area contributed by atoms with Crippen LogP contribution in [0.5, 0.6) is 5.75 Å². The average Bonchev–Trinajstić information content (AvgIpc) is 2.35. The zero-order valence-electron chi connectivity index (χ0n) is 13.7. The Bertz CT molecular complexity index is 432. The molecule has 0 heterocycles. The maximum absolute atomic E-state index is 5.97. The summed E-state index contributed by atoms with van der Waals surface area (Å²) in [5, 5.41) is 3.50. The standard InChI is InChI=1S/C17H27Br2NO/c1-6-7-12(2)11-21-16-14(18)8-13(9-15(16)19)10-20-17(3,4)5/h8-9,12,20H,6-7,10-11H2,1-5H3. The largest absolute Gasteiger partial charge is 0.491 e. The molecule has 0 saturated carbocycles. The first kappa shape index (κ1) is 19.0. The predicted molar refractivity (Wildman–Crippen MR) is 98.0 cm³/mol. The van der Waals surface area contributed by atoms with Crippen molar-refractivity contribution in [3.63, 3.8) is 0 Å². The highest BCUT2D eigenvalue weighted by Gasteiger charge is 2.13. The van der Waals surface area contributed by atoms with Gasteiger partial charge >= 0.3 is 0 Å². The van der Waals surface area contributed by atoms with Gasteiger partial charge in [0.1, 0.15) is 5.75 Å². The molecule has 0 spiro atoms. The van der Waals surface area contributed by atoms with E-state index in [0.717, 1.165) is 27.8 Å². The molecule has 0 bridgehead atoms. The van der Waals surface area contributed by atoms with Crippen molar-refractivity contribution in [2.45, 2.75) is 59.5 Å². The highest BCUT2D eigenvalue weighted by Crippen LogP contribution is 2.35. The van der Waals surface area contributed by atoms with E-state index in [-0.39, 0.29) is 5.54 Å². The molecule has 2 nitrogen and oxygen atoms in total. The molecule has 1 rings (SSSR count). The molecule has 0 aliphatic heterocycles. The van der Waals surface area contributed by atoms with Crippen LogP contribution in [0.2, 0.25) is 0 Å². The maximum Gasteiger partial charge on any atom is 0.147 e. The minimum Gasteiger partial charge on any atom is -0.491 e. The second kappa shape index (κ2) is 8.54. The Morgan fingerprint density at radius 3 is 2.24 bits per heavy atom. The van der Waals surface area contributed by atoms with Crippen LogP contribution in [0.25, 0.3) is 0 Å². The fraction of sp³-hybridized carbons (Fsp3) is 0.647. The Morgan fingerprint density at radius 2 is 1.76 bits per heavy atom. The van der Waals surface area contributed by atoms with Crippen LogP contribution in [-0.2, 0) is 6.54 Å². The second-order valence-electron chi connectivity index (χ2n) is 6.70. The summed E-state index contributed by atoms with van der Waals surface area (Å²) in [6.07, 6.45) is 2.40. The third-order valence-electron chi connectivity index (χ3n) is 3.17. The molecular formula is C17H27Br2NO. The molecule has 0 aliphatic carbocycles. The Balaban J connectivity index is 2.71. The highest BCUT2D eigenvalue weighted by molar-refractivity contribution is 9.11. The van der Waals surface area contributed by atoms with Crippen molar-refractivity contribution in [1.29, 1.82) is 0 Å². The fourth-order valence-electron chi connectivity index (χ4n) is 2.02. The van der Waals surface area contributed by atoms with Crippen LogP contribution in [0.4, 0.5) is 0 Å². The lowest BCUT2D eigenvalue weighted by atomic mass is 10.1. The van der Waals surface area contributed by atoms with Crippen molar-refractivity contribution in [2.24, 2.45) is 5.92 Å². The molecule has 1 atom stereocenters. The van der Waals surface area contributed by atoms with Crippen molar-refractivity contribution in [3.8, 4) is 5.75 Å². The molecule has 0 amide bonds. The van der Waals surface area contributed by atoms with Crippen molar-refractivity contribution in [2.75, 3.05) is 6.61 Å². The summed E-state index contributed by atoms with van der Waals surface area (Å²) in [7, 11) is 0. The number of halogens is 2. The first-order chi connectivity index (χ1) is 9.73. The Morgan fingerprint density at radius 1 is 1.19 bits per heavy atom. The summed E-state index contributed by atoms with van der Waals surface area (Å²) in [6.45, 7) is 12.5. The molecule has 0 fully saturated rings. The lowest BCUT2D eigenvalue weighted by Gasteiger charge is -2.21. The van der Waals surface area contributed by atoms with E-state index in [1.54, 1.807) is 0 Å². The lowest BCUT2D eigenvalue weighted by Crippen LogP contribution is -2.35. The van der Waals surface area contributed by atoms with Gasteiger partial charge in [-0.1, -0.05) is 20.3 Å². The Kier molecular flexibility index (Phi) is 7.72. The van der Waals surface area contributed by atoms with Gasteiger partial charge in [-0.05, 0) is 82.7 Å².